The molecule has 3 aromatic heterocycles. The molecular weight excluding hydrogens is 485 g/mol. The molecule has 10 heteroatoms. The van der Waals surface area contributed by atoms with E-state index in [2.05, 4.69) is 33.0 Å². The van der Waals surface area contributed by atoms with Crippen molar-refractivity contribution < 1.29 is 13.9 Å². The lowest BCUT2D eigenvalue weighted by atomic mass is 10.0. The van der Waals surface area contributed by atoms with Gasteiger partial charge < -0.3 is 18.9 Å². The molecule has 9 nitrogen and oxygen atoms in total. The maximum atomic E-state index is 15.5. The van der Waals surface area contributed by atoms with E-state index in [0.29, 0.717) is 57.2 Å². The van der Waals surface area contributed by atoms with E-state index in [4.69, 9.17) is 14.5 Å². The molecule has 1 unspecified atom stereocenters. The molecule has 2 aliphatic rings. The summed E-state index contributed by atoms with van der Waals surface area (Å²) in [5.74, 6) is 0.686. The Kier molecular flexibility index (Phi) is 6.16. The molecular formula is C28H28FN7O2. The monoisotopic (exact) mass is 513 g/mol. The zero-order chi connectivity index (χ0) is 26.4. The molecule has 2 bridgehead atoms. The summed E-state index contributed by atoms with van der Waals surface area (Å²) in [6, 6.07) is 10.1. The van der Waals surface area contributed by atoms with Crippen LogP contribution >= 0.6 is 0 Å². The lowest BCUT2D eigenvalue weighted by Crippen LogP contribution is -2.43. The minimum absolute atomic E-state index is 0.102. The number of piperidine rings is 1. The number of aromatic nitrogens is 5. The van der Waals surface area contributed by atoms with Crippen molar-refractivity contribution in [1.29, 1.82) is 5.26 Å². The van der Waals surface area contributed by atoms with Gasteiger partial charge in [-0.1, -0.05) is 6.07 Å². The summed E-state index contributed by atoms with van der Waals surface area (Å²) in [4.78, 5) is 20.3. The van der Waals surface area contributed by atoms with Crippen molar-refractivity contribution in [3.05, 3.63) is 59.3 Å². The third-order valence-corrected chi connectivity index (χ3v) is 7.77. The van der Waals surface area contributed by atoms with Crippen molar-refractivity contribution in [2.24, 2.45) is 0 Å². The van der Waals surface area contributed by atoms with Gasteiger partial charge in [0.25, 0.3) is 0 Å². The largest absolute Gasteiger partial charge is 0.490 e. The van der Waals surface area contributed by atoms with Gasteiger partial charge in [0.15, 0.2) is 5.65 Å². The molecule has 6 rings (SSSR count). The summed E-state index contributed by atoms with van der Waals surface area (Å²) < 4.78 is 28.8. The molecule has 0 amide bonds. The van der Waals surface area contributed by atoms with Crippen molar-refractivity contribution in [2.75, 3.05) is 14.2 Å². The van der Waals surface area contributed by atoms with Crippen LogP contribution in [0.2, 0.25) is 0 Å². The quantitative estimate of drug-likeness (QED) is 0.377. The first-order chi connectivity index (χ1) is 18.4. The Morgan fingerprint density at radius 3 is 2.61 bits per heavy atom. The molecule has 2 saturated heterocycles. The highest BCUT2D eigenvalue weighted by atomic mass is 19.1. The number of aryl methyl sites for hydroxylation is 1. The third kappa shape index (κ3) is 4.33. The van der Waals surface area contributed by atoms with Gasteiger partial charge in [0.1, 0.15) is 35.1 Å². The molecule has 3 atom stereocenters. The number of hydrogen-bond acceptors (Lipinski definition) is 8. The average molecular weight is 514 g/mol. The van der Waals surface area contributed by atoms with Crippen LogP contribution in [0.4, 0.5) is 4.39 Å². The van der Waals surface area contributed by atoms with Gasteiger partial charge in [-0.05, 0) is 51.8 Å². The van der Waals surface area contributed by atoms with E-state index in [0.717, 1.165) is 12.8 Å². The van der Waals surface area contributed by atoms with Gasteiger partial charge in [0.05, 0.1) is 24.9 Å². The number of methoxy groups -OCH3 is 1. The fourth-order valence-electron chi connectivity index (χ4n) is 5.75. The summed E-state index contributed by atoms with van der Waals surface area (Å²) in [5.41, 5.74) is 3.19. The van der Waals surface area contributed by atoms with E-state index in [-0.39, 0.29) is 24.5 Å². The number of nitriles is 1. The summed E-state index contributed by atoms with van der Waals surface area (Å²) in [6.45, 7) is 1.98. The highest BCUT2D eigenvalue weighted by Crippen LogP contribution is 2.36. The predicted molar refractivity (Wildman–Crippen MR) is 138 cm³/mol. The van der Waals surface area contributed by atoms with Gasteiger partial charge in [0.2, 0.25) is 0 Å². The van der Waals surface area contributed by atoms with Crippen LogP contribution in [0.3, 0.4) is 0 Å². The van der Waals surface area contributed by atoms with E-state index in [1.54, 1.807) is 22.9 Å². The number of nitrogens with zero attached hydrogens (tertiary/aromatic N) is 7. The molecule has 2 fully saturated rings. The summed E-state index contributed by atoms with van der Waals surface area (Å²) >= 11 is 0. The van der Waals surface area contributed by atoms with Gasteiger partial charge in [-0.25, -0.2) is 9.37 Å². The van der Waals surface area contributed by atoms with Gasteiger partial charge in [-0.15, -0.1) is 0 Å². The molecule has 4 aromatic rings. The third-order valence-electron chi connectivity index (χ3n) is 7.77. The van der Waals surface area contributed by atoms with Crippen LogP contribution in [0.15, 0.2) is 36.7 Å². The van der Waals surface area contributed by atoms with E-state index in [1.807, 2.05) is 13.0 Å². The second-order valence-electron chi connectivity index (χ2n) is 10.1. The number of fused-ring (bicyclic) bond motifs is 3. The molecule has 0 saturated carbocycles. The Morgan fingerprint density at radius 2 is 1.89 bits per heavy atom. The van der Waals surface area contributed by atoms with Gasteiger partial charge >= 0.3 is 6.01 Å². The number of ether oxygens (including phenoxy) is 2. The van der Waals surface area contributed by atoms with Crippen molar-refractivity contribution in [2.45, 2.75) is 57.3 Å². The summed E-state index contributed by atoms with van der Waals surface area (Å²) in [5, 5.41) is 9.37. The molecule has 194 valence electrons. The molecule has 1 aromatic carbocycles. The van der Waals surface area contributed by atoms with Crippen LogP contribution in [0.1, 0.15) is 42.5 Å². The Morgan fingerprint density at radius 1 is 1.11 bits per heavy atom. The Labute approximate surface area is 219 Å². The average Bonchev–Trinajstić information content (AvgIpc) is 3.37. The first-order valence-electron chi connectivity index (χ1n) is 12.7. The Bertz CT molecular complexity index is 1550. The number of imidazole rings is 1. The van der Waals surface area contributed by atoms with Crippen LogP contribution in [0.5, 0.6) is 11.8 Å². The van der Waals surface area contributed by atoms with Crippen molar-refractivity contribution in [3.8, 4) is 29.2 Å². The fraction of sp³-hybridized carbons (Fsp3) is 0.393. The van der Waals surface area contributed by atoms with Gasteiger partial charge in [-0.3, -0.25) is 4.98 Å². The normalized spacial score (nSPS) is 21.0. The van der Waals surface area contributed by atoms with E-state index in [9.17, 15) is 5.26 Å². The maximum Gasteiger partial charge on any atom is 0.318 e. The highest BCUT2D eigenvalue weighted by Gasteiger charge is 2.39. The van der Waals surface area contributed by atoms with Crippen molar-refractivity contribution >= 4 is 11.2 Å². The number of halogens is 1. The van der Waals surface area contributed by atoms with Crippen molar-refractivity contribution in [3.63, 3.8) is 0 Å². The van der Waals surface area contributed by atoms with Crippen LogP contribution in [-0.2, 0) is 6.54 Å². The topological polar surface area (TPSA) is 102 Å². The number of benzene rings is 1. The van der Waals surface area contributed by atoms with E-state index in [1.165, 1.54) is 32.2 Å². The summed E-state index contributed by atoms with van der Waals surface area (Å²) in [7, 11) is 3.69. The van der Waals surface area contributed by atoms with Crippen LogP contribution in [0, 0.1) is 24.1 Å². The first-order valence-corrected chi connectivity index (χ1v) is 12.7. The zero-order valence-electron chi connectivity index (χ0n) is 21.6. The lowest BCUT2D eigenvalue weighted by Gasteiger charge is -2.36. The van der Waals surface area contributed by atoms with Crippen LogP contribution < -0.4 is 9.47 Å². The fourth-order valence-corrected chi connectivity index (χ4v) is 5.75. The molecule has 0 radical (unpaired) electrons. The second kappa shape index (κ2) is 9.65. The summed E-state index contributed by atoms with van der Waals surface area (Å²) in [6.07, 6.45) is 7.56. The highest BCUT2D eigenvalue weighted by molar-refractivity contribution is 5.79. The van der Waals surface area contributed by atoms with Crippen molar-refractivity contribution in [1.82, 2.24) is 29.4 Å². The van der Waals surface area contributed by atoms with E-state index >= 15 is 4.39 Å². The smallest absolute Gasteiger partial charge is 0.318 e. The SMILES string of the molecule is COc1nc(C)c2nc(-c3cncc(C#N)c3)n(Cc3ccc(OC4C[C@H]5CC[C@@H](C4)N5C)cc3F)c2n1. The minimum atomic E-state index is -0.368. The molecule has 2 aliphatic heterocycles. The molecule has 5 heterocycles. The zero-order valence-corrected chi connectivity index (χ0v) is 21.6. The molecule has 38 heavy (non-hydrogen) atoms. The molecule has 0 N–H and O–H groups in total. The van der Waals surface area contributed by atoms with Crippen LogP contribution in [0.25, 0.3) is 22.6 Å². The predicted octanol–water partition coefficient (Wildman–Crippen LogP) is 4.27. The number of hydrogen-bond donors (Lipinski definition) is 0. The van der Waals surface area contributed by atoms with Crippen LogP contribution in [-0.4, -0.2) is 61.7 Å². The first kappa shape index (κ1) is 24.2. The molecule has 0 spiro atoms. The van der Waals surface area contributed by atoms with Gasteiger partial charge in [-0.2, -0.15) is 15.2 Å². The minimum Gasteiger partial charge on any atom is -0.490 e. The van der Waals surface area contributed by atoms with E-state index < -0.39 is 0 Å². The maximum absolute atomic E-state index is 15.5. The number of rotatable bonds is 6. The lowest BCUT2D eigenvalue weighted by molar-refractivity contribution is 0.0659. The molecule has 0 aliphatic carbocycles. The standard InChI is InChI=1S/C28H28FN7O2/c1-16-25-27(34-28(32-16)37-3)36(26(33-25)19-8-17(12-30)13-31-14-19)15-18-4-7-22(11-24(18)29)38-23-9-20-5-6-21(10-23)35(20)2/h4,7-8,11,13-14,20-21,23H,5-6,9-10,15H2,1-3H3/t20-,21+,23?. The number of pyridine rings is 1. The Hall–Kier alpha value is -4.10. The second-order valence-corrected chi connectivity index (χ2v) is 10.1. The Balaban J connectivity index is 1.34. The van der Waals surface area contributed by atoms with Gasteiger partial charge in [0, 0.05) is 41.7 Å².